The second-order valence-electron chi connectivity index (χ2n) is 5.03. The Morgan fingerprint density at radius 3 is 2.48 bits per heavy atom. The molecule has 0 aliphatic carbocycles. The van der Waals surface area contributed by atoms with Crippen LogP contribution in [0.5, 0.6) is 5.75 Å². The van der Waals surface area contributed by atoms with Gasteiger partial charge in [0.2, 0.25) is 0 Å². The van der Waals surface area contributed by atoms with Gasteiger partial charge in [-0.15, -0.1) is 0 Å². The van der Waals surface area contributed by atoms with Crippen molar-refractivity contribution in [2.24, 2.45) is 11.7 Å². The van der Waals surface area contributed by atoms with Gasteiger partial charge in [0, 0.05) is 0 Å². The lowest BCUT2D eigenvalue weighted by Crippen LogP contribution is -2.20. The minimum atomic E-state index is -0.236. The number of methoxy groups -OCH3 is 1. The van der Waals surface area contributed by atoms with Crippen LogP contribution >= 0.6 is 15.9 Å². The van der Waals surface area contributed by atoms with Crippen LogP contribution in [0.2, 0.25) is 0 Å². The van der Waals surface area contributed by atoms with E-state index in [2.05, 4.69) is 15.9 Å². The Bertz CT molecular complexity index is 603. The van der Waals surface area contributed by atoms with Crippen LogP contribution in [0.15, 0.2) is 46.9 Å². The summed E-state index contributed by atoms with van der Waals surface area (Å²) in [6.45, 7) is 0.543. The first-order chi connectivity index (χ1) is 10.2. The molecule has 21 heavy (non-hydrogen) atoms. The van der Waals surface area contributed by atoms with Gasteiger partial charge in [-0.25, -0.2) is 4.39 Å². The molecule has 1 unspecified atom stereocenters. The fourth-order valence-electron chi connectivity index (χ4n) is 2.44. The first-order valence-electron chi connectivity index (χ1n) is 6.90. The molecule has 4 heteroatoms. The Hall–Kier alpha value is -1.39. The minimum absolute atomic E-state index is 0.236. The van der Waals surface area contributed by atoms with Crippen LogP contribution < -0.4 is 10.5 Å². The molecule has 0 heterocycles. The maximum atomic E-state index is 13.6. The van der Waals surface area contributed by atoms with Crippen molar-refractivity contribution in [3.8, 4) is 5.75 Å². The molecule has 2 aromatic carbocycles. The van der Waals surface area contributed by atoms with Gasteiger partial charge >= 0.3 is 0 Å². The van der Waals surface area contributed by atoms with E-state index in [1.54, 1.807) is 13.2 Å². The fraction of sp³-hybridized carbons (Fsp3) is 0.294. The van der Waals surface area contributed by atoms with Gasteiger partial charge < -0.3 is 10.5 Å². The van der Waals surface area contributed by atoms with Crippen molar-refractivity contribution in [2.45, 2.75) is 12.8 Å². The van der Waals surface area contributed by atoms with E-state index in [-0.39, 0.29) is 11.7 Å². The maximum Gasteiger partial charge on any atom is 0.137 e. The Labute approximate surface area is 133 Å². The highest BCUT2D eigenvalue weighted by atomic mass is 79.9. The van der Waals surface area contributed by atoms with Gasteiger partial charge in [-0.05, 0) is 64.5 Å². The van der Waals surface area contributed by atoms with E-state index in [9.17, 15) is 4.39 Å². The zero-order valence-corrected chi connectivity index (χ0v) is 13.6. The van der Waals surface area contributed by atoms with Crippen LogP contribution in [0.25, 0.3) is 0 Å². The average Bonchev–Trinajstić information content (AvgIpc) is 2.51. The third-order valence-corrected chi connectivity index (χ3v) is 4.46. The average molecular weight is 352 g/mol. The topological polar surface area (TPSA) is 35.2 Å². The first-order valence-corrected chi connectivity index (χ1v) is 7.69. The van der Waals surface area contributed by atoms with E-state index in [0.29, 0.717) is 11.0 Å². The van der Waals surface area contributed by atoms with Crippen molar-refractivity contribution < 1.29 is 9.13 Å². The zero-order valence-electron chi connectivity index (χ0n) is 12.0. The number of para-hydroxylation sites is 1. The van der Waals surface area contributed by atoms with E-state index >= 15 is 0 Å². The largest absolute Gasteiger partial charge is 0.496 e. The van der Waals surface area contributed by atoms with E-state index in [1.807, 2.05) is 30.3 Å². The molecule has 2 aromatic rings. The Morgan fingerprint density at radius 2 is 1.76 bits per heavy atom. The summed E-state index contributed by atoms with van der Waals surface area (Å²) in [5.41, 5.74) is 7.97. The van der Waals surface area contributed by atoms with Crippen molar-refractivity contribution in [1.29, 1.82) is 0 Å². The predicted octanol–water partition coefficient (Wildman–Crippen LogP) is 3.96. The van der Waals surface area contributed by atoms with Crippen molar-refractivity contribution in [3.63, 3.8) is 0 Å². The van der Waals surface area contributed by atoms with Crippen LogP contribution in [0.1, 0.15) is 11.1 Å². The lowest BCUT2D eigenvalue weighted by atomic mass is 9.92. The van der Waals surface area contributed by atoms with Gasteiger partial charge in [0.15, 0.2) is 0 Å². The van der Waals surface area contributed by atoms with Crippen LogP contribution in [0.3, 0.4) is 0 Å². The first kappa shape index (κ1) is 16.0. The second kappa shape index (κ2) is 7.57. The number of nitrogens with two attached hydrogens (primary N) is 1. The van der Waals surface area contributed by atoms with Gasteiger partial charge in [0.05, 0.1) is 11.6 Å². The molecule has 0 fully saturated rings. The van der Waals surface area contributed by atoms with Gasteiger partial charge in [0.25, 0.3) is 0 Å². The van der Waals surface area contributed by atoms with E-state index < -0.39 is 0 Å². The Morgan fingerprint density at radius 1 is 1.10 bits per heavy atom. The number of rotatable bonds is 6. The number of hydrogen-bond donors (Lipinski definition) is 1. The molecule has 2 nitrogen and oxygen atoms in total. The summed E-state index contributed by atoms with van der Waals surface area (Å²) >= 11 is 3.31. The molecule has 0 radical (unpaired) electrons. The summed E-state index contributed by atoms with van der Waals surface area (Å²) in [5.74, 6) is 0.870. The van der Waals surface area contributed by atoms with Crippen LogP contribution in [0, 0.1) is 11.7 Å². The fourth-order valence-corrected chi connectivity index (χ4v) is 2.86. The second-order valence-corrected chi connectivity index (χ2v) is 5.83. The molecular weight excluding hydrogens is 333 g/mol. The minimum Gasteiger partial charge on any atom is -0.496 e. The number of hydrogen-bond acceptors (Lipinski definition) is 2. The normalized spacial score (nSPS) is 12.2. The quantitative estimate of drug-likeness (QED) is 0.854. The molecular formula is C17H19BrFNO. The predicted molar refractivity (Wildman–Crippen MR) is 87.0 cm³/mol. The monoisotopic (exact) mass is 351 g/mol. The van der Waals surface area contributed by atoms with Crippen LogP contribution in [-0.4, -0.2) is 13.7 Å². The summed E-state index contributed by atoms with van der Waals surface area (Å²) in [6.07, 6.45) is 1.54. The lowest BCUT2D eigenvalue weighted by Gasteiger charge is -2.17. The van der Waals surface area contributed by atoms with E-state index in [1.165, 1.54) is 6.07 Å². The van der Waals surface area contributed by atoms with E-state index in [0.717, 1.165) is 29.7 Å². The molecule has 0 spiro atoms. The van der Waals surface area contributed by atoms with E-state index in [4.69, 9.17) is 10.5 Å². The molecule has 1 atom stereocenters. The highest BCUT2D eigenvalue weighted by Gasteiger charge is 2.14. The molecule has 0 aromatic heterocycles. The highest BCUT2D eigenvalue weighted by molar-refractivity contribution is 9.10. The summed E-state index contributed by atoms with van der Waals surface area (Å²) in [7, 11) is 1.67. The van der Waals surface area contributed by atoms with Crippen molar-refractivity contribution in [3.05, 3.63) is 63.9 Å². The number of ether oxygens (including phenoxy) is 1. The van der Waals surface area contributed by atoms with Crippen LogP contribution in [0.4, 0.5) is 4.39 Å². The third kappa shape index (κ3) is 4.05. The highest BCUT2D eigenvalue weighted by Crippen LogP contribution is 2.26. The molecule has 2 N–H and O–H groups in total. The molecule has 0 amide bonds. The molecule has 0 bridgehead atoms. The SMILES string of the molecule is COc1ccccc1CC(CN)Cc1cccc(F)c1Br. The Balaban J connectivity index is 2.15. The Kier molecular flexibility index (Phi) is 5.76. The smallest absolute Gasteiger partial charge is 0.137 e. The molecule has 0 aliphatic heterocycles. The van der Waals surface area contributed by atoms with Gasteiger partial charge in [-0.2, -0.15) is 0 Å². The number of halogens is 2. The lowest BCUT2D eigenvalue weighted by molar-refractivity contribution is 0.404. The summed E-state index contributed by atoms with van der Waals surface area (Å²) in [5, 5.41) is 0. The summed E-state index contributed by atoms with van der Waals surface area (Å²) < 4.78 is 19.5. The van der Waals surface area contributed by atoms with Crippen molar-refractivity contribution >= 4 is 15.9 Å². The summed E-state index contributed by atoms with van der Waals surface area (Å²) in [6, 6.07) is 13.0. The maximum absolute atomic E-state index is 13.6. The third-order valence-electron chi connectivity index (χ3n) is 3.57. The molecule has 0 aliphatic rings. The van der Waals surface area contributed by atoms with Crippen molar-refractivity contribution in [1.82, 2.24) is 0 Å². The molecule has 0 saturated heterocycles. The molecule has 0 saturated carbocycles. The van der Waals surface area contributed by atoms with Gasteiger partial charge in [0.1, 0.15) is 11.6 Å². The summed E-state index contributed by atoms with van der Waals surface area (Å²) in [4.78, 5) is 0. The molecule has 2 rings (SSSR count). The molecule has 112 valence electrons. The number of benzene rings is 2. The van der Waals surface area contributed by atoms with Crippen LogP contribution in [-0.2, 0) is 12.8 Å². The standard InChI is InChI=1S/C17H19BrFNO/c1-21-16-8-3-2-5-13(16)9-12(11-20)10-14-6-4-7-15(19)17(14)18/h2-8,12H,9-11,20H2,1H3. The van der Waals surface area contributed by atoms with Gasteiger partial charge in [-0.3, -0.25) is 0 Å². The van der Waals surface area contributed by atoms with Gasteiger partial charge in [-0.1, -0.05) is 30.3 Å². The zero-order chi connectivity index (χ0) is 15.2. The van der Waals surface area contributed by atoms with Crippen molar-refractivity contribution in [2.75, 3.05) is 13.7 Å².